The zero-order valence-corrected chi connectivity index (χ0v) is 12.5. The van der Waals surface area contributed by atoms with Gasteiger partial charge in [0.1, 0.15) is 11.4 Å². The van der Waals surface area contributed by atoms with E-state index in [4.69, 9.17) is 5.73 Å². The maximum Gasteiger partial charge on any atom is 0.419 e. The van der Waals surface area contributed by atoms with E-state index in [9.17, 15) is 27.2 Å². The van der Waals surface area contributed by atoms with Gasteiger partial charge >= 0.3 is 6.18 Å². The molecule has 128 valence electrons. The first-order valence-corrected chi connectivity index (χ1v) is 7.01. The lowest BCUT2D eigenvalue weighted by Gasteiger charge is -2.14. The Hall–Kier alpha value is -3.16. The topological polar surface area (TPSA) is 65.1 Å². The highest BCUT2D eigenvalue weighted by Crippen LogP contribution is 2.32. The second kappa shape index (κ2) is 5.73. The van der Waals surface area contributed by atoms with Crippen LogP contribution in [0.25, 0.3) is 16.6 Å². The summed E-state index contributed by atoms with van der Waals surface area (Å²) in [4.78, 5) is 23.8. The number of nitrogens with zero attached hydrogens (tertiary/aromatic N) is 1. The molecule has 0 aliphatic carbocycles. The third-order valence-electron chi connectivity index (χ3n) is 3.71. The molecule has 0 saturated carbocycles. The smallest absolute Gasteiger partial charge is 0.365 e. The van der Waals surface area contributed by atoms with Crippen molar-refractivity contribution in [2.24, 2.45) is 5.73 Å². The summed E-state index contributed by atoms with van der Waals surface area (Å²) in [6.45, 7) is 0. The highest BCUT2D eigenvalue weighted by Gasteiger charge is 2.34. The number of nitrogens with two attached hydrogens (primary N) is 1. The van der Waals surface area contributed by atoms with Gasteiger partial charge in [0.05, 0.1) is 11.1 Å². The monoisotopic (exact) mass is 350 g/mol. The summed E-state index contributed by atoms with van der Waals surface area (Å²) >= 11 is 0. The van der Waals surface area contributed by atoms with Gasteiger partial charge < -0.3 is 10.3 Å². The van der Waals surface area contributed by atoms with E-state index in [0.29, 0.717) is 17.6 Å². The minimum Gasteiger partial charge on any atom is -0.365 e. The van der Waals surface area contributed by atoms with Crippen LogP contribution >= 0.6 is 0 Å². The molecular weight excluding hydrogens is 340 g/mol. The number of carbonyl (C=O) groups is 1. The molecule has 0 unspecified atom stereocenters. The third kappa shape index (κ3) is 2.86. The van der Waals surface area contributed by atoms with E-state index in [0.717, 1.165) is 12.3 Å². The lowest BCUT2D eigenvalue weighted by atomic mass is 10.1. The fourth-order valence-corrected chi connectivity index (χ4v) is 2.55. The molecule has 1 heterocycles. The molecule has 0 radical (unpaired) electrons. The molecule has 0 saturated heterocycles. The summed E-state index contributed by atoms with van der Waals surface area (Å²) in [7, 11) is 0. The van der Waals surface area contributed by atoms with Crippen molar-refractivity contribution in [2.45, 2.75) is 6.18 Å². The molecule has 3 aromatic rings. The first-order chi connectivity index (χ1) is 11.7. The van der Waals surface area contributed by atoms with Gasteiger partial charge in [0, 0.05) is 17.3 Å². The van der Waals surface area contributed by atoms with E-state index < -0.39 is 28.9 Å². The molecule has 0 aliphatic rings. The highest BCUT2D eigenvalue weighted by molar-refractivity contribution is 5.96. The molecule has 0 bridgehead atoms. The Labute approximate surface area is 138 Å². The Morgan fingerprint density at radius 1 is 1.08 bits per heavy atom. The molecule has 2 aromatic carbocycles. The maximum atomic E-state index is 13.9. The van der Waals surface area contributed by atoms with Gasteiger partial charge in [-0.25, -0.2) is 4.39 Å². The van der Waals surface area contributed by atoms with Crippen LogP contribution in [0.2, 0.25) is 0 Å². The van der Waals surface area contributed by atoms with Crippen molar-refractivity contribution in [3.05, 3.63) is 75.8 Å². The molecule has 4 nitrogen and oxygen atoms in total. The minimum absolute atomic E-state index is 0.0178. The number of para-hydroxylation sites is 1. The second-order valence-corrected chi connectivity index (χ2v) is 5.29. The number of aromatic nitrogens is 1. The number of carbonyl (C=O) groups excluding carboxylic acids is 1. The van der Waals surface area contributed by atoms with Gasteiger partial charge in [-0.3, -0.25) is 9.59 Å². The van der Waals surface area contributed by atoms with Crippen LogP contribution in [-0.4, -0.2) is 10.5 Å². The number of benzene rings is 2. The first kappa shape index (κ1) is 16.7. The lowest BCUT2D eigenvalue weighted by molar-refractivity contribution is -0.139. The number of amides is 1. The lowest BCUT2D eigenvalue weighted by Crippen LogP contribution is -2.23. The average molecular weight is 350 g/mol. The zero-order chi connectivity index (χ0) is 18.4. The predicted molar refractivity (Wildman–Crippen MR) is 83.0 cm³/mol. The Bertz CT molecular complexity index is 1050. The van der Waals surface area contributed by atoms with Crippen molar-refractivity contribution in [3.63, 3.8) is 0 Å². The molecular formula is C17H10F4N2O2. The number of hydrogen-bond acceptors (Lipinski definition) is 2. The Balaban J connectivity index is 2.33. The van der Waals surface area contributed by atoms with Gasteiger partial charge in [-0.1, -0.05) is 12.1 Å². The van der Waals surface area contributed by atoms with E-state index in [1.54, 1.807) is 12.1 Å². The largest absolute Gasteiger partial charge is 0.419 e. The molecule has 0 spiro atoms. The number of alkyl halides is 3. The summed E-state index contributed by atoms with van der Waals surface area (Å²) in [5, 5.41) is 0.138. The van der Waals surface area contributed by atoms with Crippen molar-refractivity contribution < 1.29 is 22.4 Å². The molecule has 3 rings (SSSR count). The summed E-state index contributed by atoms with van der Waals surface area (Å²) in [6, 6.07) is 8.46. The van der Waals surface area contributed by atoms with Gasteiger partial charge in [0.25, 0.3) is 5.91 Å². The number of hydrogen-bond donors (Lipinski definition) is 1. The van der Waals surface area contributed by atoms with Gasteiger partial charge in [-0.15, -0.1) is 0 Å². The maximum absolute atomic E-state index is 13.9. The van der Waals surface area contributed by atoms with Crippen molar-refractivity contribution in [2.75, 3.05) is 0 Å². The second-order valence-electron chi connectivity index (χ2n) is 5.29. The van der Waals surface area contributed by atoms with E-state index >= 15 is 0 Å². The van der Waals surface area contributed by atoms with Gasteiger partial charge in [-0.05, 0) is 30.3 Å². The van der Waals surface area contributed by atoms with Crippen LogP contribution in [0.4, 0.5) is 17.6 Å². The molecule has 0 aliphatic heterocycles. The molecule has 0 atom stereocenters. The summed E-state index contributed by atoms with van der Waals surface area (Å²) < 4.78 is 53.3. The summed E-state index contributed by atoms with van der Waals surface area (Å²) in [5.74, 6) is -2.45. The molecule has 2 N–H and O–H groups in total. The normalized spacial score (nSPS) is 11.7. The van der Waals surface area contributed by atoms with Crippen molar-refractivity contribution in [1.82, 2.24) is 4.57 Å². The number of rotatable bonds is 2. The quantitative estimate of drug-likeness (QED) is 0.721. The summed E-state index contributed by atoms with van der Waals surface area (Å²) in [5.41, 5.74) is 3.15. The fraction of sp³-hybridized carbons (Fsp3) is 0.0588. The molecule has 25 heavy (non-hydrogen) atoms. The number of pyridine rings is 1. The zero-order valence-electron chi connectivity index (χ0n) is 12.5. The summed E-state index contributed by atoms with van der Waals surface area (Å²) in [6.07, 6.45) is -3.73. The van der Waals surface area contributed by atoms with E-state index in [1.165, 1.54) is 16.7 Å². The van der Waals surface area contributed by atoms with Crippen LogP contribution in [0.3, 0.4) is 0 Å². The van der Waals surface area contributed by atoms with Crippen LogP contribution < -0.4 is 11.2 Å². The van der Waals surface area contributed by atoms with E-state index in [2.05, 4.69) is 0 Å². The Morgan fingerprint density at radius 3 is 2.36 bits per heavy atom. The van der Waals surface area contributed by atoms with E-state index in [-0.39, 0.29) is 16.6 Å². The number of primary amides is 1. The molecule has 1 aromatic heterocycles. The van der Waals surface area contributed by atoms with Crippen molar-refractivity contribution in [3.8, 4) is 5.69 Å². The van der Waals surface area contributed by atoms with Crippen LogP contribution in [-0.2, 0) is 6.18 Å². The Kier molecular flexibility index (Phi) is 3.82. The minimum atomic E-state index is -4.83. The molecule has 1 amide bonds. The predicted octanol–water partition coefficient (Wildman–Crippen LogP) is 3.25. The van der Waals surface area contributed by atoms with Crippen molar-refractivity contribution in [1.29, 1.82) is 0 Å². The number of fused-ring (bicyclic) bond motifs is 1. The SMILES string of the molecule is NC(=O)c1cn(-c2ccc(C(F)(F)F)c(F)c2)c2ccccc2c1=O. The van der Waals surface area contributed by atoms with Crippen LogP contribution in [0, 0.1) is 5.82 Å². The Morgan fingerprint density at radius 2 is 1.76 bits per heavy atom. The number of halogens is 4. The standard InChI is InChI=1S/C17H10F4N2O2/c18-13-7-9(5-6-12(13)17(19,20)21)23-8-11(16(22)25)15(24)10-3-1-2-4-14(10)23/h1-8H,(H2,22,25). The van der Waals surface area contributed by atoms with Gasteiger partial charge in [0.2, 0.25) is 5.43 Å². The molecule has 8 heteroatoms. The van der Waals surface area contributed by atoms with Gasteiger partial charge in [-0.2, -0.15) is 13.2 Å². The van der Waals surface area contributed by atoms with Crippen LogP contribution in [0.15, 0.2) is 53.5 Å². The average Bonchev–Trinajstić information content (AvgIpc) is 2.54. The molecule has 0 fully saturated rings. The third-order valence-corrected chi connectivity index (χ3v) is 3.71. The fourth-order valence-electron chi connectivity index (χ4n) is 2.55. The van der Waals surface area contributed by atoms with Crippen molar-refractivity contribution >= 4 is 16.8 Å². The highest BCUT2D eigenvalue weighted by atomic mass is 19.4. The van der Waals surface area contributed by atoms with Crippen LogP contribution in [0.1, 0.15) is 15.9 Å². The van der Waals surface area contributed by atoms with Crippen LogP contribution in [0.5, 0.6) is 0 Å². The van der Waals surface area contributed by atoms with E-state index in [1.807, 2.05) is 0 Å². The first-order valence-electron chi connectivity index (χ1n) is 7.01. The van der Waals surface area contributed by atoms with Gasteiger partial charge in [0.15, 0.2) is 0 Å².